The van der Waals surface area contributed by atoms with E-state index in [-0.39, 0.29) is 28.6 Å². The number of aromatic carboxylic acids is 1. The standard InChI is InChI=1S/C11H8N2O4/c14-7-2-1-5-12-9(7)10-8(15)4-3-6(13-10)11(16)17/h1-5,14-15H,(H,16,17). The van der Waals surface area contributed by atoms with E-state index in [1.807, 2.05) is 0 Å². The van der Waals surface area contributed by atoms with Gasteiger partial charge < -0.3 is 15.3 Å². The van der Waals surface area contributed by atoms with Crippen molar-refractivity contribution in [2.45, 2.75) is 0 Å². The maximum Gasteiger partial charge on any atom is 0.354 e. The molecule has 0 aliphatic carbocycles. The Balaban J connectivity index is 2.63. The van der Waals surface area contributed by atoms with Gasteiger partial charge in [0.25, 0.3) is 0 Å². The lowest BCUT2D eigenvalue weighted by Gasteiger charge is -2.05. The topological polar surface area (TPSA) is 104 Å². The first-order valence-electron chi connectivity index (χ1n) is 4.67. The van der Waals surface area contributed by atoms with Gasteiger partial charge >= 0.3 is 5.97 Å². The summed E-state index contributed by atoms with van der Waals surface area (Å²) in [4.78, 5) is 18.3. The van der Waals surface area contributed by atoms with Crippen molar-refractivity contribution in [1.82, 2.24) is 9.97 Å². The van der Waals surface area contributed by atoms with Gasteiger partial charge in [0.15, 0.2) is 0 Å². The molecule has 2 heterocycles. The number of nitrogens with zero attached hydrogens (tertiary/aromatic N) is 2. The van der Waals surface area contributed by atoms with Gasteiger partial charge in [-0.25, -0.2) is 9.78 Å². The minimum atomic E-state index is -1.22. The van der Waals surface area contributed by atoms with Crippen molar-refractivity contribution in [3.8, 4) is 22.9 Å². The van der Waals surface area contributed by atoms with Crippen LogP contribution in [0.4, 0.5) is 0 Å². The average Bonchev–Trinajstić information content (AvgIpc) is 2.30. The third-order valence-corrected chi connectivity index (χ3v) is 2.10. The molecule has 0 saturated heterocycles. The number of aromatic hydroxyl groups is 2. The third-order valence-electron chi connectivity index (χ3n) is 2.10. The highest BCUT2D eigenvalue weighted by atomic mass is 16.4. The second-order valence-electron chi connectivity index (χ2n) is 3.24. The van der Waals surface area contributed by atoms with Crippen molar-refractivity contribution in [2.24, 2.45) is 0 Å². The summed E-state index contributed by atoms with van der Waals surface area (Å²) in [5, 5.41) is 27.9. The van der Waals surface area contributed by atoms with E-state index in [0.717, 1.165) is 0 Å². The molecule has 6 heteroatoms. The molecular formula is C11H8N2O4. The van der Waals surface area contributed by atoms with Crippen LogP contribution in [0.5, 0.6) is 11.5 Å². The Morgan fingerprint density at radius 2 is 1.76 bits per heavy atom. The summed E-state index contributed by atoms with van der Waals surface area (Å²) in [6.07, 6.45) is 1.41. The van der Waals surface area contributed by atoms with Crippen LogP contribution in [0.3, 0.4) is 0 Å². The minimum Gasteiger partial charge on any atom is -0.506 e. The van der Waals surface area contributed by atoms with E-state index >= 15 is 0 Å². The summed E-state index contributed by atoms with van der Waals surface area (Å²) < 4.78 is 0. The fraction of sp³-hybridized carbons (Fsp3) is 0. The highest BCUT2D eigenvalue weighted by molar-refractivity contribution is 5.86. The number of pyridine rings is 2. The molecule has 0 aliphatic rings. The van der Waals surface area contributed by atoms with E-state index in [1.54, 1.807) is 0 Å². The van der Waals surface area contributed by atoms with Gasteiger partial charge in [-0.15, -0.1) is 0 Å². The maximum atomic E-state index is 10.8. The summed E-state index contributed by atoms with van der Waals surface area (Å²) in [6.45, 7) is 0. The Bertz CT molecular complexity index is 583. The monoisotopic (exact) mass is 232 g/mol. The molecule has 0 radical (unpaired) electrons. The highest BCUT2D eigenvalue weighted by Crippen LogP contribution is 2.31. The second kappa shape index (κ2) is 4.09. The van der Waals surface area contributed by atoms with Crippen LogP contribution in [-0.2, 0) is 0 Å². The molecule has 3 N–H and O–H groups in total. The summed E-state index contributed by atoms with van der Waals surface area (Å²) in [7, 11) is 0. The average molecular weight is 232 g/mol. The molecule has 0 fully saturated rings. The predicted molar refractivity (Wildman–Crippen MR) is 57.8 cm³/mol. The van der Waals surface area contributed by atoms with Gasteiger partial charge in [-0.1, -0.05) is 0 Å². The Labute approximate surface area is 95.8 Å². The molecule has 0 saturated carbocycles. The summed E-state index contributed by atoms with van der Waals surface area (Å²) in [5.74, 6) is -1.65. The number of rotatable bonds is 2. The molecule has 0 aromatic carbocycles. The van der Waals surface area contributed by atoms with Gasteiger partial charge in [0, 0.05) is 6.20 Å². The van der Waals surface area contributed by atoms with Gasteiger partial charge in [0.1, 0.15) is 28.6 Å². The summed E-state index contributed by atoms with van der Waals surface area (Å²) in [6, 6.07) is 5.24. The van der Waals surface area contributed by atoms with Gasteiger partial charge in [0.2, 0.25) is 0 Å². The molecule has 0 amide bonds. The van der Waals surface area contributed by atoms with Crippen LogP contribution in [-0.4, -0.2) is 31.3 Å². The molecule has 0 atom stereocenters. The molecule has 0 spiro atoms. The quantitative estimate of drug-likeness (QED) is 0.720. The molecule has 2 aromatic heterocycles. The smallest absolute Gasteiger partial charge is 0.354 e. The Morgan fingerprint density at radius 3 is 2.41 bits per heavy atom. The van der Waals surface area contributed by atoms with Crippen LogP contribution in [0.25, 0.3) is 11.4 Å². The van der Waals surface area contributed by atoms with Gasteiger partial charge in [0.05, 0.1) is 0 Å². The first-order chi connectivity index (χ1) is 8.09. The summed E-state index contributed by atoms with van der Waals surface area (Å²) in [5.41, 5.74) is -0.265. The van der Waals surface area contributed by atoms with E-state index in [2.05, 4.69) is 9.97 Å². The zero-order chi connectivity index (χ0) is 12.4. The van der Waals surface area contributed by atoms with E-state index in [4.69, 9.17) is 5.11 Å². The Hall–Kier alpha value is -2.63. The highest BCUT2D eigenvalue weighted by Gasteiger charge is 2.15. The van der Waals surface area contributed by atoms with Crippen molar-refractivity contribution in [1.29, 1.82) is 0 Å². The number of hydrogen-bond donors (Lipinski definition) is 3. The molecule has 2 rings (SSSR count). The van der Waals surface area contributed by atoms with Crippen LogP contribution in [0, 0.1) is 0 Å². The Kier molecular flexibility index (Phi) is 2.61. The number of carboxylic acids is 1. The van der Waals surface area contributed by atoms with Crippen LogP contribution < -0.4 is 0 Å². The second-order valence-corrected chi connectivity index (χ2v) is 3.24. The predicted octanol–water partition coefficient (Wildman–Crippen LogP) is 1.25. The fourth-order valence-electron chi connectivity index (χ4n) is 1.32. The molecule has 0 unspecified atom stereocenters. The molecule has 0 aliphatic heterocycles. The van der Waals surface area contributed by atoms with Crippen molar-refractivity contribution in [3.05, 3.63) is 36.2 Å². The number of hydrogen-bond acceptors (Lipinski definition) is 5. The number of carboxylic acid groups (broad SMARTS) is 1. The van der Waals surface area contributed by atoms with Crippen LogP contribution in [0.1, 0.15) is 10.5 Å². The van der Waals surface area contributed by atoms with Gasteiger partial charge in [-0.3, -0.25) is 4.98 Å². The lowest BCUT2D eigenvalue weighted by molar-refractivity contribution is 0.0690. The van der Waals surface area contributed by atoms with Crippen LogP contribution in [0.15, 0.2) is 30.5 Å². The third kappa shape index (κ3) is 2.00. The SMILES string of the molecule is O=C(O)c1ccc(O)c(-c2ncccc2O)n1. The van der Waals surface area contributed by atoms with Crippen molar-refractivity contribution < 1.29 is 20.1 Å². The molecule has 6 nitrogen and oxygen atoms in total. The van der Waals surface area contributed by atoms with E-state index < -0.39 is 5.97 Å². The molecule has 0 bridgehead atoms. The first kappa shape index (κ1) is 10.9. The number of carbonyl (C=O) groups is 1. The fourth-order valence-corrected chi connectivity index (χ4v) is 1.32. The zero-order valence-electron chi connectivity index (χ0n) is 8.53. The number of aromatic nitrogens is 2. The molecular weight excluding hydrogens is 224 g/mol. The van der Waals surface area contributed by atoms with Crippen molar-refractivity contribution in [3.63, 3.8) is 0 Å². The molecule has 86 valence electrons. The zero-order valence-corrected chi connectivity index (χ0v) is 8.53. The maximum absolute atomic E-state index is 10.8. The largest absolute Gasteiger partial charge is 0.506 e. The molecule has 17 heavy (non-hydrogen) atoms. The van der Waals surface area contributed by atoms with E-state index in [0.29, 0.717) is 0 Å². The van der Waals surface area contributed by atoms with Crippen molar-refractivity contribution >= 4 is 5.97 Å². The first-order valence-corrected chi connectivity index (χ1v) is 4.67. The van der Waals surface area contributed by atoms with E-state index in [1.165, 1.54) is 30.5 Å². The van der Waals surface area contributed by atoms with Gasteiger partial charge in [-0.05, 0) is 24.3 Å². The molecule has 2 aromatic rings. The normalized spacial score (nSPS) is 10.1. The van der Waals surface area contributed by atoms with Gasteiger partial charge in [-0.2, -0.15) is 0 Å². The lowest BCUT2D eigenvalue weighted by atomic mass is 10.2. The minimum absolute atomic E-state index is 0.0353. The van der Waals surface area contributed by atoms with Crippen LogP contribution >= 0.6 is 0 Å². The summed E-state index contributed by atoms with van der Waals surface area (Å²) >= 11 is 0. The van der Waals surface area contributed by atoms with E-state index in [9.17, 15) is 15.0 Å². The lowest BCUT2D eigenvalue weighted by Crippen LogP contribution is -2.01. The van der Waals surface area contributed by atoms with Crippen LogP contribution in [0.2, 0.25) is 0 Å². The van der Waals surface area contributed by atoms with Crippen molar-refractivity contribution in [2.75, 3.05) is 0 Å². The Morgan fingerprint density at radius 1 is 1.06 bits per heavy atom.